The first-order valence-corrected chi connectivity index (χ1v) is 9.21. The Morgan fingerprint density at radius 3 is 2.44 bits per heavy atom. The molecule has 1 amide bonds. The van der Waals surface area contributed by atoms with E-state index in [2.05, 4.69) is 5.32 Å². The van der Waals surface area contributed by atoms with Crippen molar-refractivity contribution in [1.29, 1.82) is 0 Å². The van der Waals surface area contributed by atoms with Crippen molar-refractivity contribution in [1.82, 2.24) is 4.31 Å². The number of ether oxygens (including phenoxy) is 1. The molecule has 7 heteroatoms. The summed E-state index contributed by atoms with van der Waals surface area (Å²) in [4.78, 5) is 12.4. The van der Waals surface area contributed by atoms with E-state index in [1.165, 1.54) is 26.2 Å². The standard InChI is InChI=1S/C18H22N2O4S/c1-13-7-5-9-16(11-13)24-14(2)18(21)19-15-8-6-10-17(12-15)25(22,23)20(3)4/h5-12,14H,1-4H3,(H,19,21). The van der Waals surface area contributed by atoms with Crippen molar-refractivity contribution in [2.24, 2.45) is 0 Å². The molecular formula is C18H22N2O4S. The molecule has 0 fully saturated rings. The number of sulfonamides is 1. The molecule has 0 saturated heterocycles. The number of carbonyl (C=O) groups excluding carboxylic acids is 1. The fraction of sp³-hybridized carbons (Fsp3) is 0.278. The zero-order chi connectivity index (χ0) is 18.6. The third kappa shape index (κ3) is 4.80. The number of nitrogens with one attached hydrogen (secondary N) is 1. The largest absolute Gasteiger partial charge is 0.481 e. The van der Waals surface area contributed by atoms with Crippen LogP contribution in [0.3, 0.4) is 0 Å². The second kappa shape index (κ2) is 7.67. The fourth-order valence-electron chi connectivity index (χ4n) is 2.14. The molecule has 0 spiro atoms. The van der Waals surface area contributed by atoms with Crippen molar-refractivity contribution in [3.8, 4) is 5.75 Å². The van der Waals surface area contributed by atoms with E-state index in [0.29, 0.717) is 11.4 Å². The molecule has 2 aromatic carbocycles. The molecule has 2 aromatic rings. The summed E-state index contributed by atoms with van der Waals surface area (Å²) in [6.07, 6.45) is -0.726. The highest BCUT2D eigenvalue weighted by Crippen LogP contribution is 2.19. The molecule has 0 heterocycles. The Bertz CT molecular complexity index is 863. The Hall–Kier alpha value is -2.38. The summed E-state index contributed by atoms with van der Waals surface area (Å²) >= 11 is 0. The highest BCUT2D eigenvalue weighted by atomic mass is 32.2. The van der Waals surface area contributed by atoms with Crippen molar-refractivity contribution in [2.75, 3.05) is 19.4 Å². The number of benzene rings is 2. The predicted molar refractivity (Wildman–Crippen MR) is 97.2 cm³/mol. The Kier molecular flexibility index (Phi) is 5.81. The normalized spacial score (nSPS) is 12.7. The van der Waals surface area contributed by atoms with Crippen molar-refractivity contribution < 1.29 is 17.9 Å². The average Bonchev–Trinajstić information content (AvgIpc) is 2.54. The van der Waals surface area contributed by atoms with Crippen LogP contribution in [0.25, 0.3) is 0 Å². The van der Waals surface area contributed by atoms with Crippen molar-refractivity contribution in [2.45, 2.75) is 24.8 Å². The van der Waals surface area contributed by atoms with Gasteiger partial charge in [-0.1, -0.05) is 18.2 Å². The Labute approximate surface area is 148 Å². The van der Waals surface area contributed by atoms with E-state index in [9.17, 15) is 13.2 Å². The number of amides is 1. The third-order valence-electron chi connectivity index (χ3n) is 3.55. The first-order chi connectivity index (χ1) is 11.7. The van der Waals surface area contributed by atoms with Crippen LogP contribution in [0.5, 0.6) is 5.75 Å². The van der Waals surface area contributed by atoms with Gasteiger partial charge in [-0.2, -0.15) is 0 Å². The topological polar surface area (TPSA) is 75.7 Å². The average molecular weight is 362 g/mol. The zero-order valence-corrected chi connectivity index (χ0v) is 15.5. The van der Waals surface area contributed by atoms with Gasteiger partial charge < -0.3 is 10.1 Å². The second-order valence-electron chi connectivity index (χ2n) is 5.88. The lowest BCUT2D eigenvalue weighted by Crippen LogP contribution is -2.30. The number of aryl methyl sites for hydroxylation is 1. The summed E-state index contributed by atoms with van der Waals surface area (Å²) in [6, 6.07) is 13.5. The van der Waals surface area contributed by atoms with Crippen LogP contribution < -0.4 is 10.1 Å². The summed E-state index contributed by atoms with van der Waals surface area (Å²) in [7, 11) is -0.645. The fourth-order valence-corrected chi connectivity index (χ4v) is 3.08. The summed E-state index contributed by atoms with van der Waals surface area (Å²) in [5.74, 6) is 0.243. The predicted octanol–water partition coefficient (Wildman–Crippen LogP) is 2.65. The minimum Gasteiger partial charge on any atom is -0.481 e. The molecule has 0 aliphatic rings. The van der Waals surface area contributed by atoms with E-state index in [1.807, 2.05) is 25.1 Å². The van der Waals surface area contributed by atoms with E-state index in [4.69, 9.17) is 4.74 Å². The van der Waals surface area contributed by atoms with Gasteiger partial charge in [0.25, 0.3) is 5.91 Å². The Balaban J connectivity index is 2.10. The van der Waals surface area contributed by atoms with Crippen LogP contribution in [0.4, 0.5) is 5.69 Å². The van der Waals surface area contributed by atoms with Crippen LogP contribution >= 0.6 is 0 Å². The molecule has 0 radical (unpaired) electrons. The van der Waals surface area contributed by atoms with Gasteiger partial charge in [0.05, 0.1) is 4.90 Å². The second-order valence-corrected chi connectivity index (χ2v) is 8.03. The van der Waals surface area contributed by atoms with Gasteiger partial charge in [-0.05, 0) is 49.7 Å². The lowest BCUT2D eigenvalue weighted by atomic mass is 10.2. The van der Waals surface area contributed by atoms with Crippen molar-refractivity contribution in [3.63, 3.8) is 0 Å². The number of nitrogens with zero attached hydrogens (tertiary/aromatic N) is 1. The SMILES string of the molecule is Cc1cccc(OC(C)C(=O)Nc2cccc(S(=O)(=O)N(C)C)c2)c1. The maximum atomic E-state index is 12.3. The monoisotopic (exact) mass is 362 g/mol. The number of anilines is 1. The number of carbonyl (C=O) groups is 1. The highest BCUT2D eigenvalue weighted by molar-refractivity contribution is 7.89. The van der Waals surface area contributed by atoms with Gasteiger partial charge in [-0.15, -0.1) is 0 Å². The Morgan fingerprint density at radius 2 is 1.80 bits per heavy atom. The molecule has 2 rings (SSSR count). The van der Waals surface area contributed by atoms with Gasteiger partial charge >= 0.3 is 0 Å². The van der Waals surface area contributed by atoms with Crippen LogP contribution in [0.2, 0.25) is 0 Å². The summed E-state index contributed by atoms with van der Waals surface area (Å²) in [5, 5.41) is 2.68. The lowest BCUT2D eigenvalue weighted by Gasteiger charge is -2.16. The summed E-state index contributed by atoms with van der Waals surface area (Å²) < 4.78 is 31.1. The smallest absolute Gasteiger partial charge is 0.265 e. The van der Waals surface area contributed by atoms with Gasteiger partial charge in [0.1, 0.15) is 5.75 Å². The van der Waals surface area contributed by atoms with Gasteiger partial charge in [0.2, 0.25) is 10.0 Å². The molecule has 1 N–H and O–H groups in total. The van der Waals surface area contributed by atoms with Gasteiger partial charge in [-0.25, -0.2) is 12.7 Å². The molecule has 0 aliphatic heterocycles. The highest BCUT2D eigenvalue weighted by Gasteiger charge is 2.19. The molecule has 0 aliphatic carbocycles. The molecular weight excluding hydrogens is 340 g/mol. The van der Waals surface area contributed by atoms with Crippen LogP contribution in [0.15, 0.2) is 53.4 Å². The quantitative estimate of drug-likeness (QED) is 0.857. The minimum absolute atomic E-state index is 0.113. The van der Waals surface area contributed by atoms with Gasteiger partial charge in [-0.3, -0.25) is 4.79 Å². The van der Waals surface area contributed by atoms with E-state index in [-0.39, 0.29) is 10.8 Å². The molecule has 0 aromatic heterocycles. The van der Waals surface area contributed by atoms with Gasteiger partial charge in [0, 0.05) is 19.8 Å². The summed E-state index contributed by atoms with van der Waals surface area (Å²) in [5.41, 5.74) is 1.43. The molecule has 6 nitrogen and oxygen atoms in total. The number of rotatable bonds is 6. The van der Waals surface area contributed by atoms with E-state index in [1.54, 1.807) is 25.1 Å². The first kappa shape index (κ1) is 19.0. The molecule has 0 saturated carbocycles. The van der Waals surface area contributed by atoms with E-state index < -0.39 is 16.1 Å². The van der Waals surface area contributed by atoms with Crippen LogP contribution in [-0.4, -0.2) is 38.8 Å². The zero-order valence-electron chi connectivity index (χ0n) is 14.7. The van der Waals surface area contributed by atoms with Gasteiger partial charge in [0.15, 0.2) is 6.10 Å². The van der Waals surface area contributed by atoms with Crippen LogP contribution in [0.1, 0.15) is 12.5 Å². The Morgan fingerprint density at radius 1 is 1.12 bits per heavy atom. The molecule has 134 valence electrons. The third-order valence-corrected chi connectivity index (χ3v) is 5.36. The molecule has 1 atom stereocenters. The van der Waals surface area contributed by atoms with Crippen LogP contribution in [0, 0.1) is 6.92 Å². The summed E-state index contributed by atoms with van der Waals surface area (Å²) in [6.45, 7) is 3.58. The maximum absolute atomic E-state index is 12.3. The molecule has 25 heavy (non-hydrogen) atoms. The maximum Gasteiger partial charge on any atom is 0.265 e. The minimum atomic E-state index is -3.56. The van der Waals surface area contributed by atoms with Crippen molar-refractivity contribution >= 4 is 21.6 Å². The van der Waals surface area contributed by atoms with E-state index >= 15 is 0 Å². The van der Waals surface area contributed by atoms with Crippen molar-refractivity contribution in [3.05, 3.63) is 54.1 Å². The number of hydrogen-bond acceptors (Lipinski definition) is 4. The number of hydrogen-bond donors (Lipinski definition) is 1. The molecule has 1 unspecified atom stereocenters. The first-order valence-electron chi connectivity index (χ1n) is 7.77. The lowest BCUT2D eigenvalue weighted by molar-refractivity contribution is -0.122. The van der Waals surface area contributed by atoms with Crippen LogP contribution in [-0.2, 0) is 14.8 Å². The van der Waals surface area contributed by atoms with E-state index in [0.717, 1.165) is 9.87 Å². The molecule has 0 bridgehead atoms.